The number of hydrogen-bond acceptors (Lipinski definition) is 2. The molecule has 3 heteroatoms. The van der Waals surface area contributed by atoms with Crippen molar-refractivity contribution in [3.63, 3.8) is 0 Å². The molecule has 2 atom stereocenters. The zero-order chi connectivity index (χ0) is 13.0. The fraction of sp³-hybridized carbons (Fsp3) is 0.533. The van der Waals surface area contributed by atoms with Gasteiger partial charge in [0.15, 0.2) is 0 Å². The van der Waals surface area contributed by atoms with E-state index in [1.165, 1.54) is 6.42 Å². The molecule has 2 unspecified atom stereocenters. The van der Waals surface area contributed by atoms with E-state index in [-0.39, 0.29) is 11.8 Å². The Morgan fingerprint density at radius 1 is 1.39 bits per heavy atom. The van der Waals surface area contributed by atoms with Gasteiger partial charge in [-0.05, 0) is 31.7 Å². The van der Waals surface area contributed by atoms with Crippen LogP contribution in [0.2, 0.25) is 0 Å². The number of likely N-dealkylation sites (tertiary alicyclic amines) is 1. The highest BCUT2D eigenvalue weighted by molar-refractivity contribution is 5.84. The highest BCUT2D eigenvalue weighted by Gasteiger charge is 2.29. The van der Waals surface area contributed by atoms with Gasteiger partial charge < -0.3 is 10.6 Å². The van der Waals surface area contributed by atoms with Gasteiger partial charge in [0, 0.05) is 19.1 Å². The van der Waals surface area contributed by atoms with Gasteiger partial charge in [-0.25, -0.2) is 0 Å². The van der Waals surface area contributed by atoms with Crippen LogP contribution in [0, 0.1) is 0 Å². The van der Waals surface area contributed by atoms with Crippen LogP contribution in [0.5, 0.6) is 0 Å². The second-order valence-corrected chi connectivity index (χ2v) is 5.08. The number of nitrogens with zero attached hydrogens (tertiary/aromatic N) is 1. The number of hydrogen-bond donors (Lipinski definition) is 1. The Bertz CT molecular complexity index is 391. The first-order valence-corrected chi connectivity index (χ1v) is 6.79. The smallest absolute Gasteiger partial charge is 0.231 e. The van der Waals surface area contributed by atoms with E-state index >= 15 is 0 Å². The summed E-state index contributed by atoms with van der Waals surface area (Å²) in [6.45, 7) is 3.39. The second-order valence-electron chi connectivity index (χ2n) is 5.08. The van der Waals surface area contributed by atoms with Crippen molar-refractivity contribution in [1.82, 2.24) is 4.90 Å². The molecule has 1 fully saturated rings. The topological polar surface area (TPSA) is 46.3 Å². The first-order chi connectivity index (χ1) is 8.74. The molecule has 1 aromatic rings. The number of benzene rings is 1. The molecule has 2 N–H and O–H groups in total. The lowest BCUT2D eigenvalue weighted by Crippen LogP contribution is -2.45. The van der Waals surface area contributed by atoms with E-state index in [9.17, 15) is 4.79 Å². The van der Waals surface area contributed by atoms with Crippen molar-refractivity contribution in [3.05, 3.63) is 35.9 Å². The molecule has 18 heavy (non-hydrogen) atoms. The average Bonchev–Trinajstić information content (AvgIpc) is 2.41. The quantitative estimate of drug-likeness (QED) is 0.888. The van der Waals surface area contributed by atoms with Crippen LogP contribution < -0.4 is 5.73 Å². The molecule has 2 rings (SSSR count). The van der Waals surface area contributed by atoms with Crippen molar-refractivity contribution < 1.29 is 4.79 Å². The molecule has 1 amide bonds. The van der Waals surface area contributed by atoms with E-state index in [0.717, 1.165) is 24.9 Å². The molecule has 0 saturated carbocycles. The van der Waals surface area contributed by atoms with Gasteiger partial charge in [-0.1, -0.05) is 30.3 Å². The summed E-state index contributed by atoms with van der Waals surface area (Å²) in [6.07, 6.45) is 3.45. The molecule has 0 bridgehead atoms. The summed E-state index contributed by atoms with van der Waals surface area (Å²) in [7, 11) is 0. The van der Waals surface area contributed by atoms with E-state index < -0.39 is 0 Å². The highest BCUT2D eigenvalue weighted by Crippen LogP contribution is 2.23. The van der Waals surface area contributed by atoms with Crippen LogP contribution in [0.4, 0.5) is 0 Å². The molecular formula is C15H22N2O. The highest BCUT2D eigenvalue weighted by atomic mass is 16.2. The largest absolute Gasteiger partial charge is 0.339 e. The molecule has 1 heterocycles. The van der Waals surface area contributed by atoms with E-state index in [1.54, 1.807) is 0 Å². The van der Waals surface area contributed by atoms with Gasteiger partial charge in [0.2, 0.25) is 5.91 Å². The lowest BCUT2D eigenvalue weighted by molar-refractivity contribution is -0.135. The summed E-state index contributed by atoms with van der Waals surface area (Å²) >= 11 is 0. The Kier molecular flexibility index (Phi) is 4.37. The monoisotopic (exact) mass is 246 g/mol. The van der Waals surface area contributed by atoms with Gasteiger partial charge >= 0.3 is 0 Å². The number of piperidine rings is 1. The van der Waals surface area contributed by atoms with Gasteiger partial charge in [0.1, 0.15) is 0 Å². The fourth-order valence-electron chi connectivity index (χ4n) is 2.69. The number of nitrogens with two attached hydrogens (primary N) is 1. The lowest BCUT2D eigenvalue weighted by Gasteiger charge is -2.35. The normalized spacial score (nSPS) is 21.7. The minimum absolute atomic E-state index is 0.188. The molecule has 3 nitrogen and oxygen atoms in total. The van der Waals surface area contributed by atoms with Crippen LogP contribution >= 0.6 is 0 Å². The van der Waals surface area contributed by atoms with Crippen molar-refractivity contribution in [2.24, 2.45) is 5.73 Å². The Labute approximate surface area is 109 Å². The number of rotatable bonds is 3. The lowest BCUT2D eigenvalue weighted by atomic mass is 9.95. The third-order valence-corrected chi connectivity index (χ3v) is 3.82. The molecule has 1 aliphatic rings. The van der Waals surface area contributed by atoms with Crippen molar-refractivity contribution in [2.45, 2.75) is 38.1 Å². The molecule has 1 aromatic carbocycles. The summed E-state index contributed by atoms with van der Waals surface area (Å²) in [5.41, 5.74) is 6.84. The summed E-state index contributed by atoms with van der Waals surface area (Å²) in [6, 6.07) is 10.2. The molecule has 0 radical (unpaired) electrons. The Morgan fingerprint density at radius 2 is 2.11 bits per heavy atom. The Balaban J connectivity index is 2.15. The average molecular weight is 246 g/mol. The summed E-state index contributed by atoms with van der Waals surface area (Å²) in [4.78, 5) is 14.6. The molecule has 0 spiro atoms. The number of carbonyl (C=O) groups is 1. The summed E-state index contributed by atoms with van der Waals surface area (Å²) < 4.78 is 0. The van der Waals surface area contributed by atoms with Crippen LogP contribution in [0.15, 0.2) is 30.3 Å². The predicted molar refractivity (Wildman–Crippen MR) is 73.3 cm³/mol. The van der Waals surface area contributed by atoms with E-state index in [2.05, 4.69) is 6.92 Å². The summed E-state index contributed by atoms with van der Waals surface area (Å²) in [5, 5.41) is 0. The minimum atomic E-state index is -0.188. The SMILES string of the molecule is CC1CCCCN1C(=O)C(CN)c1ccccc1. The van der Waals surface area contributed by atoms with Crippen LogP contribution in [0.25, 0.3) is 0 Å². The van der Waals surface area contributed by atoms with Gasteiger partial charge in [-0.3, -0.25) is 4.79 Å². The van der Waals surface area contributed by atoms with Gasteiger partial charge in [0.05, 0.1) is 5.92 Å². The minimum Gasteiger partial charge on any atom is -0.339 e. The third-order valence-electron chi connectivity index (χ3n) is 3.82. The van der Waals surface area contributed by atoms with Crippen molar-refractivity contribution >= 4 is 5.91 Å². The Hall–Kier alpha value is -1.35. The van der Waals surface area contributed by atoms with E-state index in [1.807, 2.05) is 35.2 Å². The molecular weight excluding hydrogens is 224 g/mol. The van der Waals surface area contributed by atoms with Crippen molar-refractivity contribution in [1.29, 1.82) is 0 Å². The first kappa shape index (κ1) is 13.1. The van der Waals surface area contributed by atoms with Crippen molar-refractivity contribution in [3.8, 4) is 0 Å². The van der Waals surface area contributed by atoms with E-state index in [4.69, 9.17) is 5.73 Å². The van der Waals surface area contributed by atoms with Gasteiger partial charge in [0.25, 0.3) is 0 Å². The van der Waals surface area contributed by atoms with Gasteiger partial charge in [-0.15, -0.1) is 0 Å². The van der Waals surface area contributed by atoms with Crippen LogP contribution in [-0.4, -0.2) is 29.9 Å². The maximum atomic E-state index is 12.6. The number of amides is 1. The molecule has 1 aliphatic heterocycles. The first-order valence-electron chi connectivity index (χ1n) is 6.79. The zero-order valence-electron chi connectivity index (χ0n) is 11.0. The Morgan fingerprint density at radius 3 is 2.72 bits per heavy atom. The van der Waals surface area contributed by atoms with Crippen molar-refractivity contribution in [2.75, 3.05) is 13.1 Å². The maximum absolute atomic E-state index is 12.6. The van der Waals surface area contributed by atoms with Crippen LogP contribution in [0.3, 0.4) is 0 Å². The van der Waals surface area contributed by atoms with Gasteiger partial charge in [-0.2, -0.15) is 0 Å². The summed E-state index contributed by atoms with van der Waals surface area (Å²) in [5.74, 6) is 0.00245. The molecule has 1 saturated heterocycles. The third kappa shape index (κ3) is 2.72. The molecule has 0 aliphatic carbocycles. The molecule has 0 aromatic heterocycles. The second kappa shape index (κ2) is 6.01. The van der Waals surface area contributed by atoms with E-state index in [0.29, 0.717) is 12.6 Å². The molecule has 98 valence electrons. The number of carbonyl (C=O) groups excluding carboxylic acids is 1. The zero-order valence-corrected chi connectivity index (χ0v) is 11.0. The predicted octanol–water partition coefficient (Wildman–Crippen LogP) is 2.13. The fourth-order valence-corrected chi connectivity index (χ4v) is 2.69. The van der Waals surface area contributed by atoms with Crippen LogP contribution in [0.1, 0.15) is 37.7 Å². The standard InChI is InChI=1S/C15H22N2O/c1-12-7-5-6-10-17(12)15(18)14(11-16)13-8-3-2-4-9-13/h2-4,8-9,12,14H,5-7,10-11,16H2,1H3. The maximum Gasteiger partial charge on any atom is 0.231 e. The van der Waals surface area contributed by atoms with Crippen LogP contribution in [-0.2, 0) is 4.79 Å².